The van der Waals surface area contributed by atoms with Crippen LogP contribution in [0.25, 0.3) is 11.4 Å². The van der Waals surface area contributed by atoms with Gasteiger partial charge in [-0.2, -0.15) is 23.7 Å². The van der Waals surface area contributed by atoms with Crippen molar-refractivity contribution in [2.75, 3.05) is 6.61 Å². The van der Waals surface area contributed by atoms with Gasteiger partial charge in [0.25, 0.3) is 0 Å². The van der Waals surface area contributed by atoms with E-state index < -0.39 is 12.4 Å². The highest BCUT2D eigenvalue weighted by Gasteiger charge is 2.15. The van der Waals surface area contributed by atoms with Crippen molar-refractivity contribution >= 4 is 18.4 Å². The SMILES string of the molecule is CCOc1cccc(/C=N\n2c(-c3cccc(F)c3)n[nH]c2=S)c1OC(F)F. The fraction of sp³-hybridized carbons (Fsp3) is 0.167. The van der Waals surface area contributed by atoms with Crippen molar-refractivity contribution in [1.29, 1.82) is 0 Å². The number of hydrogen-bond donors (Lipinski definition) is 1. The average Bonchev–Trinajstić information content (AvgIpc) is 3.02. The maximum atomic E-state index is 13.5. The number of aromatic nitrogens is 3. The number of alkyl halides is 2. The van der Waals surface area contributed by atoms with Crippen LogP contribution in [0.15, 0.2) is 47.6 Å². The first-order valence-electron chi connectivity index (χ1n) is 8.18. The quantitative estimate of drug-likeness (QED) is 0.457. The topological polar surface area (TPSA) is 64.4 Å². The number of ether oxygens (including phenoxy) is 2. The predicted octanol–water partition coefficient (Wildman–Crippen LogP) is 4.63. The van der Waals surface area contributed by atoms with Crippen molar-refractivity contribution in [3.05, 3.63) is 58.6 Å². The highest BCUT2D eigenvalue weighted by atomic mass is 32.1. The van der Waals surface area contributed by atoms with E-state index in [0.29, 0.717) is 5.56 Å². The summed E-state index contributed by atoms with van der Waals surface area (Å²) in [4.78, 5) is 0. The van der Waals surface area contributed by atoms with Gasteiger partial charge in [-0.15, -0.1) is 0 Å². The van der Waals surface area contributed by atoms with E-state index in [1.54, 1.807) is 19.1 Å². The third-order valence-corrected chi connectivity index (χ3v) is 3.83. The summed E-state index contributed by atoms with van der Waals surface area (Å²) in [5, 5.41) is 10.8. The molecule has 0 atom stereocenters. The Morgan fingerprint density at radius 2 is 2.07 bits per heavy atom. The summed E-state index contributed by atoms with van der Waals surface area (Å²) in [5.41, 5.74) is 0.691. The van der Waals surface area contributed by atoms with Crippen LogP contribution in [0, 0.1) is 10.6 Å². The molecular formula is C18H15F3N4O2S. The molecule has 146 valence electrons. The Kier molecular flexibility index (Phi) is 6.09. The standard InChI is InChI=1S/C18H15F3N4O2S/c1-2-26-14-8-4-6-12(15(14)27-17(20)21)10-22-25-16(23-24-18(25)28)11-5-3-7-13(19)9-11/h3-10,17H,2H2,1H3,(H,24,28)/b22-10-. The molecule has 6 nitrogen and oxygen atoms in total. The first-order valence-corrected chi connectivity index (χ1v) is 8.58. The minimum absolute atomic E-state index is 0.146. The van der Waals surface area contributed by atoms with Crippen LogP contribution < -0.4 is 9.47 Å². The van der Waals surface area contributed by atoms with Crippen molar-refractivity contribution < 1.29 is 22.6 Å². The van der Waals surface area contributed by atoms with Crippen LogP contribution in [-0.2, 0) is 0 Å². The zero-order valence-electron chi connectivity index (χ0n) is 14.6. The Morgan fingerprint density at radius 1 is 1.29 bits per heavy atom. The molecule has 3 rings (SSSR count). The number of hydrogen-bond acceptors (Lipinski definition) is 5. The molecule has 1 aromatic heterocycles. The molecule has 1 N–H and O–H groups in total. The second-order valence-electron chi connectivity index (χ2n) is 5.41. The van der Waals surface area contributed by atoms with Gasteiger partial charge >= 0.3 is 6.61 Å². The summed E-state index contributed by atoms with van der Waals surface area (Å²) in [5.74, 6) is -0.171. The largest absolute Gasteiger partial charge is 0.490 e. The molecule has 0 radical (unpaired) electrons. The second kappa shape index (κ2) is 8.70. The summed E-state index contributed by atoms with van der Waals surface area (Å²) >= 11 is 5.15. The number of nitrogens with zero attached hydrogens (tertiary/aromatic N) is 3. The normalized spacial score (nSPS) is 11.3. The lowest BCUT2D eigenvalue weighted by Gasteiger charge is -2.13. The first-order chi connectivity index (χ1) is 13.5. The van der Waals surface area contributed by atoms with E-state index in [4.69, 9.17) is 17.0 Å². The number of nitrogens with one attached hydrogen (secondary N) is 1. The van der Waals surface area contributed by atoms with Crippen molar-refractivity contribution in [3.63, 3.8) is 0 Å². The lowest BCUT2D eigenvalue weighted by atomic mass is 10.2. The van der Waals surface area contributed by atoms with Crippen LogP contribution in [0.5, 0.6) is 11.5 Å². The van der Waals surface area contributed by atoms with Crippen LogP contribution in [-0.4, -0.2) is 34.3 Å². The van der Waals surface area contributed by atoms with Crippen LogP contribution >= 0.6 is 12.2 Å². The van der Waals surface area contributed by atoms with E-state index in [1.807, 2.05) is 0 Å². The number of para-hydroxylation sites is 1. The molecule has 0 saturated carbocycles. The molecular weight excluding hydrogens is 393 g/mol. The van der Waals surface area contributed by atoms with Gasteiger partial charge in [0, 0.05) is 11.1 Å². The van der Waals surface area contributed by atoms with Crippen LogP contribution in [0.3, 0.4) is 0 Å². The Bertz CT molecular complexity index is 1050. The molecule has 0 spiro atoms. The maximum absolute atomic E-state index is 13.5. The summed E-state index contributed by atoms with van der Waals surface area (Å²) < 4.78 is 50.5. The lowest BCUT2D eigenvalue weighted by molar-refractivity contribution is -0.0515. The van der Waals surface area contributed by atoms with Crippen molar-refractivity contribution in [2.45, 2.75) is 13.5 Å². The third kappa shape index (κ3) is 4.39. The molecule has 0 aliphatic heterocycles. The molecule has 0 aliphatic carbocycles. The molecule has 3 aromatic rings. The monoisotopic (exact) mass is 408 g/mol. The highest BCUT2D eigenvalue weighted by Crippen LogP contribution is 2.32. The molecule has 0 fully saturated rings. The number of aromatic amines is 1. The highest BCUT2D eigenvalue weighted by molar-refractivity contribution is 7.71. The fourth-order valence-corrected chi connectivity index (χ4v) is 2.63. The van der Waals surface area contributed by atoms with Gasteiger partial charge in [0.2, 0.25) is 4.77 Å². The van der Waals surface area contributed by atoms with Gasteiger partial charge in [0.15, 0.2) is 17.3 Å². The van der Waals surface area contributed by atoms with E-state index >= 15 is 0 Å². The number of halogens is 3. The van der Waals surface area contributed by atoms with Crippen molar-refractivity contribution in [2.24, 2.45) is 5.10 Å². The van der Waals surface area contributed by atoms with Gasteiger partial charge in [-0.1, -0.05) is 18.2 Å². The van der Waals surface area contributed by atoms with E-state index in [0.717, 1.165) is 0 Å². The van der Waals surface area contributed by atoms with Crippen LogP contribution in [0.1, 0.15) is 12.5 Å². The van der Waals surface area contributed by atoms with Gasteiger partial charge < -0.3 is 9.47 Å². The Morgan fingerprint density at radius 3 is 2.79 bits per heavy atom. The summed E-state index contributed by atoms with van der Waals surface area (Å²) in [6.07, 6.45) is 1.29. The third-order valence-electron chi connectivity index (χ3n) is 3.56. The Labute approximate surface area is 163 Å². The van der Waals surface area contributed by atoms with Gasteiger partial charge in [0.05, 0.1) is 12.8 Å². The summed E-state index contributed by atoms with van der Waals surface area (Å²) in [6.45, 7) is -1.03. The zero-order chi connectivity index (χ0) is 20.1. The summed E-state index contributed by atoms with van der Waals surface area (Å²) in [6, 6.07) is 10.4. The van der Waals surface area contributed by atoms with Gasteiger partial charge in [-0.25, -0.2) is 9.49 Å². The van der Waals surface area contributed by atoms with E-state index in [-0.39, 0.29) is 34.3 Å². The van der Waals surface area contributed by atoms with E-state index in [9.17, 15) is 13.2 Å². The van der Waals surface area contributed by atoms with Crippen LogP contribution in [0.2, 0.25) is 0 Å². The van der Waals surface area contributed by atoms with Gasteiger partial charge in [-0.05, 0) is 43.4 Å². The minimum Gasteiger partial charge on any atom is -0.490 e. The maximum Gasteiger partial charge on any atom is 0.387 e. The Balaban J connectivity index is 2.02. The summed E-state index contributed by atoms with van der Waals surface area (Å²) in [7, 11) is 0. The molecule has 0 bridgehead atoms. The molecule has 0 aliphatic rings. The fourth-order valence-electron chi connectivity index (χ4n) is 2.45. The van der Waals surface area contributed by atoms with Crippen molar-refractivity contribution in [1.82, 2.24) is 14.9 Å². The smallest absolute Gasteiger partial charge is 0.387 e. The molecule has 28 heavy (non-hydrogen) atoms. The van der Waals surface area contributed by atoms with E-state index in [1.165, 1.54) is 41.2 Å². The first kappa shape index (κ1) is 19.6. The molecule has 10 heteroatoms. The molecule has 0 amide bonds. The number of benzene rings is 2. The zero-order valence-corrected chi connectivity index (χ0v) is 15.4. The van der Waals surface area contributed by atoms with Gasteiger partial charge in [0.1, 0.15) is 5.82 Å². The molecule has 2 aromatic carbocycles. The number of H-pyrrole nitrogens is 1. The number of rotatable bonds is 7. The Hall–Kier alpha value is -3.14. The predicted molar refractivity (Wildman–Crippen MR) is 100 cm³/mol. The molecule has 0 unspecified atom stereocenters. The average molecular weight is 408 g/mol. The molecule has 0 saturated heterocycles. The van der Waals surface area contributed by atoms with E-state index in [2.05, 4.69) is 20.0 Å². The van der Waals surface area contributed by atoms with Crippen molar-refractivity contribution in [3.8, 4) is 22.9 Å². The van der Waals surface area contributed by atoms with Gasteiger partial charge in [-0.3, -0.25) is 0 Å². The molecule has 1 heterocycles. The lowest BCUT2D eigenvalue weighted by Crippen LogP contribution is -2.07. The van der Waals surface area contributed by atoms with Crippen LogP contribution in [0.4, 0.5) is 13.2 Å². The minimum atomic E-state index is -3.03. The second-order valence-corrected chi connectivity index (χ2v) is 5.79.